The predicted octanol–water partition coefficient (Wildman–Crippen LogP) is 5.08. The summed E-state index contributed by atoms with van der Waals surface area (Å²) in [6.45, 7) is 4.29. The Balaban J connectivity index is 0. The fraction of sp³-hybridized carbons (Fsp3) is 0.938. The largest absolute Gasteiger partial charge is 0.344 e. The van der Waals surface area contributed by atoms with Gasteiger partial charge in [-0.15, -0.1) is 0 Å². The Morgan fingerprint density at radius 2 is 1.38 bits per heavy atom. The molecule has 0 aliphatic rings. The molecule has 21 heavy (non-hydrogen) atoms. The Kier molecular flexibility index (Phi) is 16.4. The van der Waals surface area contributed by atoms with Crippen LogP contribution in [-0.2, 0) is 4.79 Å². The zero-order chi connectivity index (χ0) is 15.2. The van der Waals surface area contributed by atoms with Gasteiger partial charge in [0.15, 0.2) is 0 Å². The number of ketones is 1. The molecule has 0 saturated carbocycles. The molecule has 0 fully saturated rings. The summed E-state index contributed by atoms with van der Waals surface area (Å²) in [7, 11) is 0. The smallest absolute Gasteiger partial charge is 0.270 e. The van der Waals surface area contributed by atoms with Crippen LogP contribution in [0, 0.1) is 10.1 Å². The summed E-state index contributed by atoms with van der Waals surface area (Å²) >= 11 is 0. The quantitative estimate of drug-likeness (QED) is 0.275. The van der Waals surface area contributed by atoms with Gasteiger partial charge in [-0.05, 0) is 12.8 Å². The molecule has 1 atom stereocenters. The number of hydrogen-bond acceptors (Lipinski definition) is 4. The van der Waals surface area contributed by atoms with Crippen LogP contribution in [0.2, 0.25) is 0 Å². The van der Waals surface area contributed by atoms with Crippen molar-refractivity contribution in [2.75, 3.05) is 0 Å². The zero-order valence-corrected chi connectivity index (χ0v) is 13.9. The molecule has 0 amide bonds. The molecule has 0 aromatic heterocycles. The fourth-order valence-corrected chi connectivity index (χ4v) is 2.39. The van der Waals surface area contributed by atoms with Gasteiger partial charge in [0.25, 0.3) is 6.04 Å². The van der Waals surface area contributed by atoms with Crippen molar-refractivity contribution in [1.82, 2.24) is 6.15 Å². The molecule has 0 radical (unpaired) electrons. The van der Waals surface area contributed by atoms with Crippen LogP contribution in [0.4, 0.5) is 0 Å². The van der Waals surface area contributed by atoms with Gasteiger partial charge in [0.2, 0.25) is 5.78 Å². The predicted molar refractivity (Wildman–Crippen MR) is 87.6 cm³/mol. The van der Waals surface area contributed by atoms with E-state index < -0.39 is 6.04 Å². The first-order valence-corrected chi connectivity index (χ1v) is 8.29. The Morgan fingerprint density at radius 3 is 1.86 bits per heavy atom. The maximum absolute atomic E-state index is 11.9. The van der Waals surface area contributed by atoms with Gasteiger partial charge in [0.05, 0.1) is 0 Å². The van der Waals surface area contributed by atoms with Crippen LogP contribution >= 0.6 is 0 Å². The normalized spacial score (nSPS) is 11.7. The van der Waals surface area contributed by atoms with Crippen molar-refractivity contribution in [2.24, 2.45) is 0 Å². The maximum Gasteiger partial charge on any atom is 0.270 e. The molecule has 1 unspecified atom stereocenters. The van der Waals surface area contributed by atoms with E-state index in [0.717, 1.165) is 44.9 Å². The van der Waals surface area contributed by atoms with Crippen molar-refractivity contribution in [3.05, 3.63) is 10.1 Å². The van der Waals surface area contributed by atoms with E-state index in [1.54, 1.807) is 0 Å². The third kappa shape index (κ3) is 12.5. The first kappa shape index (κ1) is 22.3. The second-order valence-corrected chi connectivity index (χ2v) is 5.63. The van der Waals surface area contributed by atoms with Crippen molar-refractivity contribution in [3.8, 4) is 0 Å². The molecule has 0 aliphatic heterocycles. The summed E-state index contributed by atoms with van der Waals surface area (Å²) in [5.41, 5.74) is 0. The lowest BCUT2D eigenvalue weighted by atomic mass is 9.99. The van der Waals surface area contributed by atoms with Gasteiger partial charge in [-0.1, -0.05) is 65.2 Å². The Bertz CT molecular complexity index is 270. The number of nitro groups is 1. The van der Waals surface area contributed by atoms with Crippen molar-refractivity contribution in [1.29, 1.82) is 0 Å². The van der Waals surface area contributed by atoms with Gasteiger partial charge in [0.1, 0.15) is 0 Å². The molecule has 0 spiro atoms. The number of unbranched alkanes of at least 4 members (excludes halogenated alkanes) is 8. The first-order valence-electron chi connectivity index (χ1n) is 8.29. The lowest BCUT2D eigenvalue weighted by molar-refractivity contribution is -0.508. The summed E-state index contributed by atoms with van der Waals surface area (Å²) in [5, 5.41) is 11.0. The maximum atomic E-state index is 11.9. The minimum Gasteiger partial charge on any atom is -0.344 e. The van der Waals surface area contributed by atoms with E-state index in [0.29, 0.717) is 12.8 Å². The van der Waals surface area contributed by atoms with Crippen LogP contribution in [0.5, 0.6) is 0 Å². The van der Waals surface area contributed by atoms with Gasteiger partial charge in [-0.3, -0.25) is 14.9 Å². The first-order chi connectivity index (χ1) is 9.63. The van der Waals surface area contributed by atoms with Crippen LogP contribution < -0.4 is 6.15 Å². The van der Waals surface area contributed by atoms with Gasteiger partial charge < -0.3 is 6.15 Å². The number of carbonyl (C=O) groups excluding carboxylic acids is 1. The molecular weight excluding hydrogens is 268 g/mol. The molecule has 0 rings (SSSR count). The van der Waals surface area contributed by atoms with E-state index in [9.17, 15) is 14.9 Å². The molecule has 3 N–H and O–H groups in total. The lowest BCUT2D eigenvalue weighted by Gasteiger charge is -2.08. The third-order valence-electron chi connectivity index (χ3n) is 3.73. The molecular formula is C16H34N2O3. The minimum absolute atomic E-state index is 0. The molecule has 0 saturated heterocycles. The average molecular weight is 302 g/mol. The van der Waals surface area contributed by atoms with Crippen molar-refractivity contribution < 1.29 is 9.72 Å². The van der Waals surface area contributed by atoms with E-state index in [4.69, 9.17) is 0 Å². The standard InChI is InChI=1S/C16H31NO3.H3N/c1-3-5-7-9-11-13-15(17(19)20)16(18)14-12-10-8-6-4-2;/h15H,3-14H2,1-2H3;1H3. The van der Waals surface area contributed by atoms with Crippen LogP contribution in [0.25, 0.3) is 0 Å². The van der Waals surface area contributed by atoms with E-state index in [1.807, 2.05) is 0 Å². The monoisotopic (exact) mass is 302 g/mol. The van der Waals surface area contributed by atoms with Gasteiger partial charge in [0, 0.05) is 17.8 Å². The van der Waals surface area contributed by atoms with E-state index in [-0.39, 0.29) is 16.9 Å². The highest BCUT2D eigenvalue weighted by molar-refractivity contribution is 5.82. The van der Waals surface area contributed by atoms with Gasteiger partial charge >= 0.3 is 0 Å². The van der Waals surface area contributed by atoms with E-state index in [1.165, 1.54) is 19.3 Å². The highest BCUT2D eigenvalue weighted by Crippen LogP contribution is 2.13. The van der Waals surface area contributed by atoms with Crippen LogP contribution in [0.1, 0.15) is 90.9 Å². The van der Waals surface area contributed by atoms with Crippen molar-refractivity contribution >= 4 is 5.78 Å². The van der Waals surface area contributed by atoms with Crippen molar-refractivity contribution in [2.45, 2.75) is 96.9 Å². The Hall–Kier alpha value is -0.970. The number of nitrogens with zero attached hydrogens (tertiary/aromatic N) is 1. The highest BCUT2D eigenvalue weighted by atomic mass is 16.6. The van der Waals surface area contributed by atoms with Gasteiger partial charge in [-0.25, -0.2) is 0 Å². The number of hydrogen-bond donors (Lipinski definition) is 1. The summed E-state index contributed by atoms with van der Waals surface area (Å²) in [6, 6.07) is -0.956. The summed E-state index contributed by atoms with van der Waals surface area (Å²) in [5.74, 6) is -0.165. The SMILES string of the molecule is CCCCCCCC(=O)C(CCCCCCC)[N+](=O)[O-].N. The zero-order valence-electron chi connectivity index (χ0n) is 13.9. The highest BCUT2D eigenvalue weighted by Gasteiger charge is 2.27. The molecule has 5 heteroatoms. The van der Waals surface area contributed by atoms with E-state index >= 15 is 0 Å². The third-order valence-corrected chi connectivity index (χ3v) is 3.73. The molecule has 0 aromatic carbocycles. The second-order valence-electron chi connectivity index (χ2n) is 5.63. The van der Waals surface area contributed by atoms with Crippen LogP contribution in [0.3, 0.4) is 0 Å². The summed E-state index contributed by atoms with van der Waals surface area (Å²) < 4.78 is 0. The molecule has 0 aromatic rings. The fourth-order valence-electron chi connectivity index (χ4n) is 2.39. The minimum atomic E-state index is -0.956. The Labute approximate surface area is 129 Å². The van der Waals surface area contributed by atoms with Crippen LogP contribution in [-0.4, -0.2) is 16.7 Å². The second kappa shape index (κ2) is 15.4. The molecule has 0 aliphatic carbocycles. The van der Waals surface area contributed by atoms with Crippen molar-refractivity contribution in [3.63, 3.8) is 0 Å². The van der Waals surface area contributed by atoms with Crippen LogP contribution in [0.15, 0.2) is 0 Å². The molecule has 0 bridgehead atoms. The number of Topliss-reactive ketones (excluding diaryl/α,β-unsaturated/α-hetero) is 1. The molecule has 0 heterocycles. The lowest BCUT2D eigenvalue weighted by Crippen LogP contribution is -2.29. The average Bonchev–Trinajstić information content (AvgIpc) is 2.42. The number of rotatable bonds is 14. The molecule has 5 nitrogen and oxygen atoms in total. The number of carbonyl (C=O) groups is 1. The van der Waals surface area contributed by atoms with Gasteiger partial charge in [-0.2, -0.15) is 0 Å². The topological polar surface area (TPSA) is 95.2 Å². The molecule has 126 valence electrons. The Morgan fingerprint density at radius 1 is 0.905 bits per heavy atom. The van der Waals surface area contributed by atoms with E-state index in [2.05, 4.69) is 13.8 Å². The summed E-state index contributed by atoms with van der Waals surface area (Å²) in [6.07, 6.45) is 11.4. The summed E-state index contributed by atoms with van der Waals surface area (Å²) in [4.78, 5) is 22.5.